The first-order valence-electron chi connectivity index (χ1n) is 10.2. The Bertz CT molecular complexity index is 1110. The lowest BCUT2D eigenvalue weighted by atomic mass is 9.95. The molecule has 0 aliphatic carbocycles. The van der Waals surface area contributed by atoms with E-state index in [1.165, 1.54) is 0 Å². The van der Waals surface area contributed by atoms with Crippen molar-refractivity contribution in [1.29, 1.82) is 0 Å². The molecular formula is C23H24ClN3O4. The predicted molar refractivity (Wildman–Crippen MR) is 118 cm³/mol. The van der Waals surface area contributed by atoms with Crippen LogP contribution in [-0.4, -0.2) is 51.0 Å². The van der Waals surface area contributed by atoms with Crippen LogP contribution >= 0.6 is 11.6 Å². The number of ether oxygens (including phenoxy) is 1. The van der Waals surface area contributed by atoms with Crippen LogP contribution in [0.2, 0.25) is 5.02 Å². The van der Waals surface area contributed by atoms with Gasteiger partial charge in [-0.3, -0.25) is 9.89 Å². The number of fused-ring (bicyclic) bond motifs is 1. The van der Waals surface area contributed by atoms with Gasteiger partial charge < -0.3 is 19.8 Å². The Hall–Kier alpha value is -3.03. The molecule has 1 aliphatic heterocycles. The molecule has 1 aliphatic rings. The number of aromatic amines is 1. The molecule has 0 bridgehead atoms. The third-order valence-corrected chi connectivity index (χ3v) is 5.87. The fourth-order valence-electron chi connectivity index (χ4n) is 3.99. The van der Waals surface area contributed by atoms with Crippen molar-refractivity contribution in [1.82, 2.24) is 15.1 Å². The van der Waals surface area contributed by atoms with Crippen LogP contribution < -0.4 is 4.74 Å². The molecular weight excluding hydrogens is 418 g/mol. The summed E-state index contributed by atoms with van der Waals surface area (Å²) >= 11 is 6.31. The van der Waals surface area contributed by atoms with Crippen LogP contribution in [0.15, 0.2) is 36.4 Å². The number of H-pyrrole nitrogens is 1. The normalized spacial score (nSPS) is 15.4. The van der Waals surface area contributed by atoms with Gasteiger partial charge in [0.05, 0.1) is 12.6 Å². The lowest BCUT2D eigenvalue weighted by Crippen LogP contribution is -2.31. The van der Waals surface area contributed by atoms with Crippen LogP contribution in [0.25, 0.3) is 11.3 Å². The Kier molecular flexibility index (Phi) is 5.89. The van der Waals surface area contributed by atoms with E-state index in [1.807, 2.05) is 38.1 Å². The summed E-state index contributed by atoms with van der Waals surface area (Å²) in [5.41, 5.74) is 3.63. The standard InChI is InChI=1S/C23H24ClN3O4/c1-3-31-15-7-5-14(6-8-15)22-19-20(16-12-17(24)13(2)11-18(16)29)25-26-21(19)23(30)27(22)9-4-10-28/h5-8,11-12,22,28-29H,3-4,9-10H2,1-2H3,(H,25,26)/t22-/m0/s1. The largest absolute Gasteiger partial charge is 0.507 e. The maximum Gasteiger partial charge on any atom is 0.273 e. The summed E-state index contributed by atoms with van der Waals surface area (Å²) in [4.78, 5) is 14.9. The molecule has 4 rings (SSSR count). The Morgan fingerprint density at radius 2 is 2.00 bits per heavy atom. The molecule has 0 spiro atoms. The van der Waals surface area contributed by atoms with Crippen molar-refractivity contribution in [3.05, 3.63) is 63.8 Å². The number of aliphatic hydroxyl groups excluding tert-OH is 1. The Balaban J connectivity index is 1.85. The number of rotatable bonds is 7. The number of phenols is 1. The van der Waals surface area contributed by atoms with E-state index < -0.39 is 6.04 Å². The number of halogens is 1. The van der Waals surface area contributed by atoms with Gasteiger partial charge in [0.25, 0.3) is 5.91 Å². The molecule has 3 aromatic rings. The van der Waals surface area contributed by atoms with Crippen molar-refractivity contribution in [2.75, 3.05) is 19.8 Å². The van der Waals surface area contributed by atoms with Crippen LogP contribution in [0.3, 0.4) is 0 Å². The molecule has 0 saturated heterocycles. The SMILES string of the molecule is CCOc1ccc([C@H]2c3c(-c4cc(Cl)c(C)cc4O)n[nH]c3C(=O)N2CCCO)cc1. The van der Waals surface area contributed by atoms with E-state index >= 15 is 0 Å². The molecule has 162 valence electrons. The van der Waals surface area contributed by atoms with Crippen molar-refractivity contribution < 1.29 is 19.7 Å². The van der Waals surface area contributed by atoms with Gasteiger partial charge in [-0.15, -0.1) is 0 Å². The summed E-state index contributed by atoms with van der Waals surface area (Å²) < 4.78 is 5.54. The van der Waals surface area contributed by atoms with Crippen molar-refractivity contribution >= 4 is 17.5 Å². The second-order valence-corrected chi connectivity index (χ2v) is 7.87. The average molecular weight is 442 g/mol. The fraction of sp³-hybridized carbons (Fsp3) is 0.304. The summed E-state index contributed by atoms with van der Waals surface area (Å²) in [5, 5.41) is 27.6. The van der Waals surface area contributed by atoms with Crippen LogP contribution in [0, 0.1) is 6.92 Å². The highest BCUT2D eigenvalue weighted by atomic mass is 35.5. The quantitative estimate of drug-likeness (QED) is 0.513. The number of aryl methyl sites for hydroxylation is 1. The maximum atomic E-state index is 13.2. The highest BCUT2D eigenvalue weighted by Crippen LogP contribution is 2.45. The summed E-state index contributed by atoms with van der Waals surface area (Å²) in [6.45, 7) is 4.66. The number of carbonyl (C=O) groups excluding carboxylic acids is 1. The van der Waals surface area contributed by atoms with Gasteiger partial charge in [-0.2, -0.15) is 5.10 Å². The third-order valence-electron chi connectivity index (χ3n) is 5.46. The number of aromatic nitrogens is 2. The fourth-order valence-corrected chi connectivity index (χ4v) is 4.15. The van der Waals surface area contributed by atoms with Crippen molar-refractivity contribution in [2.24, 2.45) is 0 Å². The van der Waals surface area contributed by atoms with Gasteiger partial charge in [0.2, 0.25) is 0 Å². The number of hydrogen-bond acceptors (Lipinski definition) is 5. The van der Waals surface area contributed by atoms with Gasteiger partial charge in [-0.05, 0) is 55.7 Å². The van der Waals surface area contributed by atoms with Crippen LogP contribution in [0.4, 0.5) is 0 Å². The Morgan fingerprint density at radius 3 is 2.68 bits per heavy atom. The molecule has 2 heterocycles. The topological polar surface area (TPSA) is 98.7 Å². The average Bonchev–Trinajstić information content (AvgIpc) is 3.29. The van der Waals surface area contributed by atoms with E-state index in [-0.39, 0.29) is 18.3 Å². The summed E-state index contributed by atoms with van der Waals surface area (Å²) in [7, 11) is 0. The van der Waals surface area contributed by atoms with E-state index in [4.69, 9.17) is 16.3 Å². The number of carbonyl (C=O) groups is 1. The van der Waals surface area contributed by atoms with Gasteiger partial charge in [0.15, 0.2) is 0 Å². The molecule has 0 unspecified atom stereocenters. The van der Waals surface area contributed by atoms with Gasteiger partial charge in [-0.1, -0.05) is 23.7 Å². The molecule has 7 nitrogen and oxygen atoms in total. The number of nitrogens with one attached hydrogen (secondary N) is 1. The molecule has 0 saturated carbocycles. The lowest BCUT2D eigenvalue weighted by Gasteiger charge is -2.26. The third kappa shape index (κ3) is 3.75. The van der Waals surface area contributed by atoms with Gasteiger partial charge in [-0.25, -0.2) is 0 Å². The van der Waals surface area contributed by atoms with Crippen LogP contribution in [0.1, 0.15) is 46.6 Å². The first-order chi connectivity index (χ1) is 15.0. The van der Waals surface area contributed by atoms with E-state index in [2.05, 4.69) is 10.2 Å². The van der Waals surface area contributed by atoms with Gasteiger partial charge >= 0.3 is 0 Å². The minimum atomic E-state index is -0.419. The minimum Gasteiger partial charge on any atom is -0.507 e. The molecule has 1 aromatic heterocycles. The van der Waals surface area contributed by atoms with Gasteiger partial charge in [0.1, 0.15) is 22.9 Å². The van der Waals surface area contributed by atoms with Gasteiger partial charge in [0, 0.05) is 29.3 Å². The second kappa shape index (κ2) is 8.61. The van der Waals surface area contributed by atoms with E-state index in [1.54, 1.807) is 17.0 Å². The monoisotopic (exact) mass is 441 g/mol. The van der Waals surface area contributed by atoms with E-state index in [0.717, 1.165) is 16.9 Å². The molecule has 1 amide bonds. The van der Waals surface area contributed by atoms with Crippen molar-refractivity contribution in [3.8, 4) is 22.8 Å². The molecule has 0 fully saturated rings. The molecule has 8 heteroatoms. The zero-order chi connectivity index (χ0) is 22.1. The lowest BCUT2D eigenvalue weighted by molar-refractivity contribution is 0.0732. The van der Waals surface area contributed by atoms with Crippen molar-refractivity contribution in [3.63, 3.8) is 0 Å². The summed E-state index contributed by atoms with van der Waals surface area (Å²) in [5.74, 6) is 0.592. The van der Waals surface area contributed by atoms with Crippen LogP contribution in [0.5, 0.6) is 11.5 Å². The Labute approximate surface area is 185 Å². The molecule has 2 aromatic carbocycles. The summed E-state index contributed by atoms with van der Waals surface area (Å²) in [6.07, 6.45) is 0.452. The number of nitrogens with zero attached hydrogens (tertiary/aromatic N) is 2. The highest BCUT2D eigenvalue weighted by molar-refractivity contribution is 6.31. The number of aromatic hydroxyl groups is 1. The first kappa shape index (κ1) is 21.2. The summed E-state index contributed by atoms with van der Waals surface area (Å²) in [6, 6.07) is 10.4. The maximum absolute atomic E-state index is 13.2. The second-order valence-electron chi connectivity index (χ2n) is 7.46. The zero-order valence-corrected chi connectivity index (χ0v) is 18.1. The molecule has 1 atom stereocenters. The number of aliphatic hydroxyl groups is 1. The zero-order valence-electron chi connectivity index (χ0n) is 17.4. The Morgan fingerprint density at radius 1 is 1.26 bits per heavy atom. The van der Waals surface area contributed by atoms with Crippen LogP contribution in [-0.2, 0) is 0 Å². The predicted octanol–water partition coefficient (Wildman–Crippen LogP) is 4.07. The smallest absolute Gasteiger partial charge is 0.273 e. The van der Waals surface area contributed by atoms with Crippen molar-refractivity contribution in [2.45, 2.75) is 26.3 Å². The van der Waals surface area contributed by atoms with E-state index in [9.17, 15) is 15.0 Å². The number of hydrogen-bond donors (Lipinski definition) is 3. The number of phenolic OH excluding ortho intramolecular Hbond substituents is 1. The molecule has 0 radical (unpaired) electrons. The minimum absolute atomic E-state index is 0.0207. The molecule has 31 heavy (non-hydrogen) atoms. The van der Waals surface area contributed by atoms with E-state index in [0.29, 0.717) is 47.1 Å². The number of benzene rings is 2. The number of amides is 1. The highest BCUT2D eigenvalue weighted by Gasteiger charge is 2.42. The first-order valence-corrected chi connectivity index (χ1v) is 10.6. The molecule has 3 N–H and O–H groups in total.